The summed E-state index contributed by atoms with van der Waals surface area (Å²) in [6.45, 7) is 6.37. The maximum Gasteiger partial charge on any atom is 0.407 e. The van der Waals surface area contributed by atoms with E-state index in [9.17, 15) is 24.0 Å². The SMILES string of the molecule is C.C.C.C.COCCOCCCNC(=O)CCC(=O)C(CC(C)C)NC(=O)C(CC(=O)CNC(=O)OCCOCCN)Cc1ccccc1. The van der Waals surface area contributed by atoms with Crippen LogP contribution in [0.5, 0.6) is 0 Å². The van der Waals surface area contributed by atoms with Crippen LogP contribution in [0.4, 0.5) is 4.79 Å². The number of methoxy groups -OCH3 is 1. The van der Waals surface area contributed by atoms with E-state index in [-0.39, 0.29) is 98.5 Å². The Labute approximate surface area is 296 Å². The van der Waals surface area contributed by atoms with Gasteiger partial charge >= 0.3 is 6.09 Å². The van der Waals surface area contributed by atoms with E-state index >= 15 is 0 Å². The number of Topliss-reactive ketones (excluding diaryl/α,β-unsaturated/α-hetero) is 2. The van der Waals surface area contributed by atoms with Crippen LogP contribution in [0.3, 0.4) is 0 Å². The molecule has 0 saturated heterocycles. The quantitative estimate of drug-likeness (QED) is 0.103. The lowest BCUT2D eigenvalue weighted by atomic mass is 9.91. The Morgan fingerprint density at radius 1 is 0.816 bits per heavy atom. The van der Waals surface area contributed by atoms with E-state index in [1.165, 1.54) is 0 Å². The molecule has 0 fully saturated rings. The second-order valence-electron chi connectivity index (χ2n) is 11.0. The van der Waals surface area contributed by atoms with Gasteiger partial charge in [0.15, 0.2) is 11.6 Å². The Bertz CT molecular complexity index is 1010. The number of amides is 3. The number of ether oxygens (including phenoxy) is 4. The summed E-state index contributed by atoms with van der Waals surface area (Å²) in [5.74, 6) is -1.99. The molecule has 0 spiro atoms. The fourth-order valence-corrected chi connectivity index (χ4v) is 4.28. The number of hydrogen-bond acceptors (Lipinski definition) is 10. The average Bonchev–Trinajstić information content (AvgIpc) is 3.01. The fourth-order valence-electron chi connectivity index (χ4n) is 4.28. The van der Waals surface area contributed by atoms with E-state index in [4.69, 9.17) is 24.7 Å². The molecular formula is C36H68N4O9. The molecule has 1 rings (SSSR count). The molecule has 1 aromatic rings. The molecule has 0 heterocycles. The summed E-state index contributed by atoms with van der Waals surface area (Å²) in [5, 5.41) is 8.03. The molecular weight excluding hydrogens is 632 g/mol. The standard InChI is InChI=1S/C32H52N4O9.4CH4/c1-24(2)20-28(29(38)10-11-30(39)34-13-7-14-43-17-16-42-3)36-31(40)26(21-25-8-5-4-6-9-25)22-27(37)23-35-32(41)45-19-18-44-15-12-33;;;;/h4-6,8-9,24,26,28H,7,10-23,33H2,1-3H3,(H,34,39)(H,35,41)(H,36,40);4*1H4. The molecule has 5 N–H and O–H groups in total. The van der Waals surface area contributed by atoms with Crippen molar-refractivity contribution in [2.24, 2.45) is 17.6 Å². The zero-order valence-electron chi connectivity index (χ0n) is 27.0. The molecule has 0 saturated carbocycles. The molecule has 0 bridgehead atoms. The molecule has 2 atom stereocenters. The van der Waals surface area contributed by atoms with Crippen LogP contribution < -0.4 is 21.7 Å². The van der Waals surface area contributed by atoms with Gasteiger partial charge in [-0.05, 0) is 30.7 Å². The van der Waals surface area contributed by atoms with Gasteiger partial charge in [-0.15, -0.1) is 0 Å². The van der Waals surface area contributed by atoms with Crippen LogP contribution in [-0.2, 0) is 44.5 Å². The monoisotopic (exact) mass is 700 g/mol. The fraction of sp³-hybridized carbons (Fsp3) is 0.694. The summed E-state index contributed by atoms with van der Waals surface area (Å²) in [4.78, 5) is 63.7. The molecule has 0 radical (unpaired) electrons. The number of nitrogens with two attached hydrogens (primary N) is 1. The lowest BCUT2D eigenvalue weighted by Gasteiger charge is -2.23. The van der Waals surface area contributed by atoms with Crippen molar-refractivity contribution in [3.05, 3.63) is 35.9 Å². The van der Waals surface area contributed by atoms with Crippen LogP contribution in [-0.4, -0.2) is 102 Å². The molecule has 2 unspecified atom stereocenters. The molecule has 13 heteroatoms. The van der Waals surface area contributed by atoms with Crippen molar-refractivity contribution in [2.75, 3.05) is 66.4 Å². The summed E-state index contributed by atoms with van der Waals surface area (Å²) in [6, 6.07) is 8.44. The van der Waals surface area contributed by atoms with Crippen molar-refractivity contribution in [1.29, 1.82) is 0 Å². The van der Waals surface area contributed by atoms with Crippen LogP contribution >= 0.6 is 0 Å². The van der Waals surface area contributed by atoms with Gasteiger partial charge in [0.05, 0.1) is 39.0 Å². The number of carbonyl (C=O) groups excluding carboxylic acids is 5. The third-order valence-electron chi connectivity index (χ3n) is 6.55. The molecule has 286 valence electrons. The summed E-state index contributed by atoms with van der Waals surface area (Å²) in [6.07, 6.45) is 0.338. The highest BCUT2D eigenvalue weighted by Crippen LogP contribution is 2.16. The molecule has 0 aliphatic rings. The lowest BCUT2D eigenvalue weighted by molar-refractivity contribution is -0.133. The topological polar surface area (TPSA) is 184 Å². The third-order valence-corrected chi connectivity index (χ3v) is 6.55. The Morgan fingerprint density at radius 3 is 2.10 bits per heavy atom. The Kier molecular flexibility index (Phi) is 35.4. The van der Waals surface area contributed by atoms with Crippen LogP contribution in [0.1, 0.15) is 81.2 Å². The van der Waals surface area contributed by atoms with Gasteiger partial charge in [0.25, 0.3) is 0 Å². The smallest absolute Gasteiger partial charge is 0.407 e. The average molecular weight is 701 g/mol. The number of nitrogens with one attached hydrogen (secondary N) is 3. The first-order chi connectivity index (χ1) is 21.7. The van der Waals surface area contributed by atoms with E-state index in [1.54, 1.807) is 7.11 Å². The van der Waals surface area contributed by atoms with Crippen LogP contribution in [0, 0.1) is 11.8 Å². The van der Waals surface area contributed by atoms with Crippen LogP contribution in [0.25, 0.3) is 0 Å². The molecule has 1 aromatic carbocycles. The largest absolute Gasteiger partial charge is 0.447 e. The van der Waals surface area contributed by atoms with Gasteiger partial charge in [-0.3, -0.25) is 19.2 Å². The van der Waals surface area contributed by atoms with Crippen molar-refractivity contribution >= 4 is 29.5 Å². The highest BCUT2D eigenvalue weighted by molar-refractivity contribution is 5.94. The maximum absolute atomic E-state index is 13.5. The van der Waals surface area contributed by atoms with Crippen molar-refractivity contribution in [3.8, 4) is 0 Å². The van der Waals surface area contributed by atoms with Crippen LogP contribution in [0.15, 0.2) is 30.3 Å². The van der Waals surface area contributed by atoms with E-state index in [0.717, 1.165) is 5.56 Å². The van der Waals surface area contributed by atoms with Gasteiger partial charge in [0.2, 0.25) is 11.8 Å². The summed E-state index contributed by atoms with van der Waals surface area (Å²) in [5.41, 5.74) is 6.18. The summed E-state index contributed by atoms with van der Waals surface area (Å²) in [7, 11) is 1.60. The summed E-state index contributed by atoms with van der Waals surface area (Å²) < 4.78 is 20.4. The number of alkyl carbamates (subject to hydrolysis) is 1. The number of ketones is 2. The minimum Gasteiger partial charge on any atom is -0.447 e. The Morgan fingerprint density at radius 2 is 1.47 bits per heavy atom. The van der Waals surface area contributed by atoms with Crippen molar-refractivity contribution in [2.45, 2.75) is 88.1 Å². The number of benzene rings is 1. The Balaban J connectivity index is -0.00000253. The summed E-state index contributed by atoms with van der Waals surface area (Å²) >= 11 is 0. The highest BCUT2D eigenvalue weighted by atomic mass is 16.6. The zero-order chi connectivity index (χ0) is 33.3. The normalized spacial score (nSPS) is 11.3. The first-order valence-electron chi connectivity index (χ1n) is 15.6. The predicted octanol–water partition coefficient (Wildman–Crippen LogP) is 4.10. The molecule has 0 aliphatic heterocycles. The highest BCUT2D eigenvalue weighted by Gasteiger charge is 2.28. The van der Waals surface area contributed by atoms with Crippen LogP contribution in [0.2, 0.25) is 0 Å². The molecule has 49 heavy (non-hydrogen) atoms. The first kappa shape index (κ1) is 52.4. The van der Waals surface area contributed by atoms with Gasteiger partial charge in [0.1, 0.15) is 6.61 Å². The Hall–Kier alpha value is -3.39. The van der Waals surface area contributed by atoms with Gasteiger partial charge in [-0.1, -0.05) is 73.9 Å². The number of rotatable bonds is 26. The molecule has 3 amide bonds. The van der Waals surface area contributed by atoms with Crippen molar-refractivity contribution < 1.29 is 42.9 Å². The van der Waals surface area contributed by atoms with Gasteiger partial charge in [0, 0.05) is 52.0 Å². The van der Waals surface area contributed by atoms with Gasteiger partial charge < -0.3 is 40.6 Å². The maximum atomic E-state index is 13.5. The van der Waals surface area contributed by atoms with E-state index in [1.807, 2.05) is 44.2 Å². The van der Waals surface area contributed by atoms with Crippen molar-refractivity contribution in [1.82, 2.24) is 16.0 Å². The molecule has 0 aromatic heterocycles. The first-order valence-corrected chi connectivity index (χ1v) is 15.6. The van der Waals surface area contributed by atoms with Gasteiger partial charge in [-0.2, -0.15) is 0 Å². The predicted molar refractivity (Wildman–Crippen MR) is 195 cm³/mol. The van der Waals surface area contributed by atoms with Gasteiger partial charge in [-0.25, -0.2) is 4.79 Å². The molecule has 0 aliphatic carbocycles. The van der Waals surface area contributed by atoms with E-state index < -0.39 is 24.0 Å². The second-order valence-corrected chi connectivity index (χ2v) is 11.0. The number of hydrogen-bond donors (Lipinski definition) is 4. The minimum atomic E-state index is -0.803. The number of carbonyl (C=O) groups is 5. The van der Waals surface area contributed by atoms with E-state index in [0.29, 0.717) is 52.4 Å². The zero-order valence-corrected chi connectivity index (χ0v) is 27.0. The third kappa shape index (κ3) is 27.2. The lowest BCUT2D eigenvalue weighted by Crippen LogP contribution is -2.46. The van der Waals surface area contributed by atoms with Crippen molar-refractivity contribution in [3.63, 3.8) is 0 Å². The minimum absolute atomic E-state index is 0. The second kappa shape index (κ2) is 33.1. The molecule has 13 nitrogen and oxygen atoms in total. The van der Waals surface area contributed by atoms with E-state index in [2.05, 4.69) is 16.0 Å².